The SMILES string of the molecule is COC(=O)[C@H]1C[C@@H](N2CC3CN(C(=O)OC(C)(C)C)CCN3C2=O)CN1C(C)C. The van der Waals surface area contributed by atoms with E-state index in [-0.39, 0.29) is 42.3 Å². The second kappa shape index (κ2) is 8.01. The molecule has 3 rings (SSSR count). The number of ether oxygens (including phenoxy) is 2. The maximum atomic E-state index is 13.0. The minimum Gasteiger partial charge on any atom is -0.468 e. The van der Waals surface area contributed by atoms with Crippen LogP contribution in [0.25, 0.3) is 0 Å². The van der Waals surface area contributed by atoms with Gasteiger partial charge in [0.15, 0.2) is 0 Å². The van der Waals surface area contributed by atoms with Gasteiger partial charge in [-0.2, -0.15) is 0 Å². The first-order chi connectivity index (χ1) is 13.5. The molecule has 0 radical (unpaired) electrons. The van der Waals surface area contributed by atoms with E-state index in [1.54, 1.807) is 4.90 Å². The third-order valence-corrected chi connectivity index (χ3v) is 5.93. The third-order valence-electron chi connectivity index (χ3n) is 5.93. The van der Waals surface area contributed by atoms with Crippen LogP contribution in [-0.2, 0) is 14.3 Å². The summed E-state index contributed by atoms with van der Waals surface area (Å²) in [5.74, 6) is -0.248. The Balaban J connectivity index is 1.66. The molecule has 0 bridgehead atoms. The van der Waals surface area contributed by atoms with Crippen molar-refractivity contribution in [3.63, 3.8) is 0 Å². The van der Waals surface area contributed by atoms with Gasteiger partial charge in [0.1, 0.15) is 11.6 Å². The monoisotopic (exact) mass is 410 g/mol. The number of piperazine rings is 1. The second-order valence-corrected chi connectivity index (χ2v) is 9.43. The first-order valence-corrected chi connectivity index (χ1v) is 10.4. The number of hydrogen-bond acceptors (Lipinski definition) is 6. The van der Waals surface area contributed by atoms with E-state index in [1.807, 2.05) is 44.4 Å². The maximum absolute atomic E-state index is 13.0. The van der Waals surface area contributed by atoms with Crippen LogP contribution in [0.3, 0.4) is 0 Å². The molecule has 1 unspecified atom stereocenters. The fraction of sp³-hybridized carbons (Fsp3) is 0.850. The summed E-state index contributed by atoms with van der Waals surface area (Å²) in [4.78, 5) is 45.2. The van der Waals surface area contributed by atoms with Crippen molar-refractivity contribution >= 4 is 18.1 Å². The third kappa shape index (κ3) is 4.44. The summed E-state index contributed by atoms with van der Waals surface area (Å²) < 4.78 is 10.5. The zero-order valence-corrected chi connectivity index (χ0v) is 18.4. The number of urea groups is 1. The molecule has 0 N–H and O–H groups in total. The van der Waals surface area contributed by atoms with Crippen molar-refractivity contribution in [3.8, 4) is 0 Å². The molecule has 0 saturated carbocycles. The maximum Gasteiger partial charge on any atom is 0.410 e. The molecular weight excluding hydrogens is 376 g/mol. The molecule has 29 heavy (non-hydrogen) atoms. The van der Waals surface area contributed by atoms with E-state index in [0.717, 1.165) is 0 Å². The molecule has 0 aliphatic carbocycles. The second-order valence-electron chi connectivity index (χ2n) is 9.43. The Morgan fingerprint density at radius 1 is 1.03 bits per heavy atom. The summed E-state index contributed by atoms with van der Waals surface area (Å²) in [5.41, 5.74) is -0.543. The number of amides is 3. The zero-order valence-electron chi connectivity index (χ0n) is 18.4. The van der Waals surface area contributed by atoms with E-state index < -0.39 is 5.60 Å². The van der Waals surface area contributed by atoms with Crippen LogP contribution in [0.2, 0.25) is 0 Å². The highest BCUT2D eigenvalue weighted by molar-refractivity contribution is 5.80. The Morgan fingerprint density at radius 2 is 1.72 bits per heavy atom. The van der Waals surface area contributed by atoms with Crippen LogP contribution in [0.1, 0.15) is 41.0 Å². The zero-order chi connectivity index (χ0) is 21.5. The Morgan fingerprint density at radius 3 is 2.31 bits per heavy atom. The van der Waals surface area contributed by atoms with Gasteiger partial charge in [0.25, 0.3) is 0 Å². The predicted molar refractivity (Wildman–Crippen MR) is 106 cm³/mol. The molecule has 0 aromatic heterocycles. The van der Waals surface area contributed by atoms with E-state index in [2.05, 4.69) is 4.90 Å². The van der Waals surface area contributed by atoms with Crippen molar-refractivity contribution in [2.24, 2.45) is 0 Å². The molecule has 3 saturated heterocycles. The van der Waals surface area contributed by atoms with Gasteiger partial charge < -0.3 is 24.2 Å². The Hall–Kier alpha value is -2.03. The molecule has 3 heterocycles. The molecule has 3 fully saturated rings. The van der Waals surface area contributed by atoms with E-state index >= 15 is 0 Å². The molecule has 0 spiro atoms. The van der Waals surface area contributed by atoms with Crippen molar-refractivity contribution < 1.29 is 23.9 Å². The summed E-state index contributed by atoms with van der Waals surface area (Å²) in [5, 5.41) is 0. The Kier molecular flexibility index (Phi) is 5.98. The smallest absolute Gasteiger partial charge is 0.410 e. The number of carbonyl (C=O) groups is 3. The van der Waals surface area contributed by atoms with Gasteiger partial charge in [0.05, 0.1) is 13.2 Å². The average Bonchev–Trinajstić information content (AvgIpc) is 3.21. The average molecular weight is 411 g/mol. The van der Waals surface area contributed by atoms with Crippen LogP contribution < -0.4 is 0 Å². The summed E-state index contributed by atoms with van der Waals surface area (Å²) in [6, 6.07) is -0.221. The fourth-order valence-corrected chi connectivity index (χ4v) is 4.53. The molecule has 9 heteroatoms. The van der Waals surface area contributed by atoms with Crippen LogP contribution in [-0.4, -0.2) is 107 Å². The van der Waals surface area contributed by atoms with Gasteiger partial charge in [-0.25, -0.2) is 9.59 Å². The van der Waals surface area contributed by atoms with Crippen LogP contribution in [0.15, 0.2) is 0 Å². The van der Waals surface area contributed by atoms with Crippen molar-refractivity contribution in [3.05, 3.63) is 0 Å². The predicted octanol–water partition coefficient (Wildman–Crippen LogP) is 1.37. The Bertz CT molecular complexity index is 662. The molecular formula is C20H34N4O5. The van der Waals surface area contributed by atoms with Crippen molar-refractivity contribution in [1.82, 2.24) is 19.6 Å². The number of methoxy groups -OCH3 is 1. The number of carbonyl (C=O) groups excluding carboxylic acids is 3. The van der Waals surface area contributed by atoms with Gasteiger partial charge in [0.2, 0.25) is 0 Å². The van der Waals surface area contributed by atoms with E-state index in [1.165, 1.54) is 7.11 Å². The minimum absolute atomic E-state index is 0.00180. The number of likely N-dealkylation sites (tertiary alicyclic amines) is 1. The highest BCUT2D eigenvalue weighted by Gasteiger charge is 2.49. The van der Waals surface area contributed by atoms with Crippen molar-refractivity contribution in [2.45, 2.75) is 70.8 Å². The van der Waals surface area contributed by atoms with E-state index in [0.29, 0.717) is 39.1 Å². The number of fused-ring (bicyclic) bond motifs is 1. The number of rotatable bonds is 3. The van der Waals surface area contributed by atoms with Crippen molar-refractivity contribution in [1.29, 1.82) is 0 Å². The first-order valence-electron chi connectivity index (χ1n) is 10.4. The van der Waals surface area contributed by atoms with Gasteiger partial charge >= 0.3 is 18.1 Å². The first kappa shape index (κ1) is 21.7. The lowest BCUT2D eigenvalue weighted by Gasteiger charge is -2.37. The van der Waals surface area contributed by atoms with E-state index in [9.17, 15) is 14.4 Å². The quantitative estimate of drug-likeness (QED) is 0.654. The van der Waals surface area contributed by atoms with Gasteiger partial charge in [-0.05, 0) is 41.0 Å². The molecule has 164 valence electrons. The van der Waals surface area contributed by atoms with E-state index in [4.69, 9.17) is 9.47 Å². The summed E-state index contributed by atoms with van der Waals surface area (Å²) in [6.07, 6.45) is 0.244. The molecule has 9 nitrogen and oxygen atoms in total. The Labute approximate surface area is 172 Å². The summed E-state index contributed by atoms with van der Waals surface area (Å²) in [7, 11) is 1.40. The molecule has 3 atom stereocenters. The molecule has 3 aliphatic rings. The van der Waals surface area contributed by atoms with Crippen LogP contribution in [0.4, 0.5) is 9.59 Å². The molecule has 0 aromatic carbocycles. The highest BCUT2D eigenvalue weighted by atomic mass is 16.6. The summed E-state index contributed by atoms with van der Waals surface area (Å²) in [6.45, 7) is 12.3. The molecule has 3 amide bonds. The normalized spacial score (nSPS) is 28.2. The largest absolute Gasteiger partial charge is 0.468 e. The van der Waals surface area contributed by atoms with Crippen LogP contribution >= 0.6 is 0 Å². The number of hydrogen-bond donors (Lipinski definition) is 0. The van der Waals surface area contributed by atoms with Gasteiger partial charge in [-0.15, -0.1) is 0 Å². The standard InChI is InChI=1S/C20H34N4O5/c1-13(2)23-11-14(9-16(23)17(25)28-6)24-12-15-10-21(7-8-22(15)18(24)26)19(27)29-20(3,4)5/h13-16H,7-12H2,1-6H3/t14-,15?,16-/m1/s1. The van der Waals surface area contributed by atoms with Gasteiger partial charge in [0, 0.05) is 44.8 Å². The summed E-state index contributed by atoms with van der Waals surface area (Å²) >= 11 is 0. The number of esters is 1. The number of nitrogens with zero attached hydrogens (tertiary/aromatic N) is 4. The van der Waals surface area contributed by atoms with Crippen LogP contribution in [0, 0.1) is 0 Å². The molecule has 3 aliphatic heterocycles. The van der Waals surface area contributed by atoms with Crippen LogP contribution in [0.5, 0.6) is 0 Å². The van der Waals surface area contributed by atoms with Gasteiger partial charge in [-0.3, -0.25) is 9.69 Å². The highest BCUT2D eigenvalue weighted by Crippen LogP contribution is 2.30. The van der Waals surface area contributed by atoms with Crippen molar-refractivity contribution in [2.75, 3.05) is 39.8 Å². The lowest BCUT2D eigenvalue weighted by atomic mass is 10.1. The van der Waals surface area contributed by atoms with Gasteiger partial charge in [-0.1, -0.05) is 0 Å². The lowest BCUT2D eigenvalue weighted by molar-refractivity contribution is -0.146. The lowest BCUT2D eigenvalue weighted by Crippen LogP contribution is -2.54. The fourth-order valence-electron chi connectivity index (χ4n) is 4.53. The minimum atomic E-state index is -0.543. The topological polar surface area (TPSA) is 82.6 Å². The molecule has 0 aromatic rings.